The molecule has 1 aromatic rings. The van der Waals surface area contributed by atoms with Crippen LogP contribution < -0.4 is 5.73 Å². The van der Waals surface area contributed by atoms with E-state index in [9.17, 15) is 0 Å². The van der Waals surface area contributed by atoms with Crippen LogP contribution in [0, 0.1) is 16.7 Å². The maximum Gasteiger partial charge on any atom is 0.0684 e. The summed E-state index contributed by atoms with van der Waals surface area (Å²) in [4.78, 5) is 2.38. The van der Waals surface area contributed by atoms with Gasteiger partial charge in [0.1, 0.15) is 0 Å². The fourth-order valence-corrected chi connectivity index (χ4v) is 2.00. The maximum absolute atomic E-state index is 9.08. The minimum Gasteiger partial charge on any atom is -0.398 e. The van der Waals surface area contributed by atoms with Crippen molar-refractivity contribution >= 4 is 5.69 Å². The van der Waals surface area contributed by atoms with Gasteiger partial charge in [0.15, 0.2) is 0 Å². The SMILES string of the molecule is CCCN(CCC(C)(C)C#N)Cc1ccccc1N. The first-order valence-corrected chi connectivity index (χ1v) is 6.95. The van der Waals surface area contributed by atoms with E-state index in [4.69, 9.17) is 11.0 Å². The zero-order valence-electron chi connectivity index (χ0n) is 12.3. The Balaban J connectivity index is 2.64. The summed E-state index contributed by atoms with van der Waals surface area (Å²) in [6, 6.07) is 10.4. The smallest absolute Gasteiger partial charge is 0.0684 e. The summed E-state index contributed by atoms with van der Waals surface area (Å²) in [5.41, 5.74) is 7.76. The zero-order chi connectivity index (χ0) is 14.3. The van der Waals surface area contributed by atoms with Gasteiger partial charge in [0, 0.05) is 12.2 Å². The molecular weight excluding hydrogens is 234 g/mol. The monoisotopic (exact) mass is 259 g/mol. The fourth-order valence-electron chi connectivity index (χ4n) is 2.00. The van der Waals surface area contributed by atoms with Gasteiger partial charge in [-0.05, 0) is 51.4 Å². The van der Waals surface area contributed by atoms with Crippen molar-refractivity contribution in [1.29, 1.82) is 5.26 Å². The number of nitrogen functional groups attached to an aromatic ring is 1. The summed E-state index contributed by atoms with van der Waals surface area (Å²) in [6.07, 6.45) is 2.00. The second-order valence-corrected chi connectivity index (χ2v) is 5.72. The maximum atomic E-state index is 9.08. The van der Waals surface area contributed by atoms with Crippen molar-refractivity contribution in [2.45, 2.75) is 40.2 Å². The Labute approximate surface area is 117 Å². The molecule has 104 valence electrons. The summed E-state index contributed by atoms with van der Waals surface area (Å²) < 4.78 is 0. The first kappa shape index (κ1) is 15.5. The summed E-state index contributed by atoms with van der Waals surface area (Å²) in [5, 5.41) is 9.08. The third kappa shape index (κ3) is 5.32. The van der Waals surface area contributed by atoms with Gasteiger partial charge < -0.3 is 5.73 Å². The number of anilines is 1. The van der Waals surface area contributed by atoms with E-state index in [1.807, 2.05) is 32.0 Å². The van der Waals surface area contributed by atoms with Gasteiger partial charge in [-0.2, -0.15) is 5.26 Å². The van der Waals surface area contributed by atoms with Crippen molar-refractivity contribution in [2.24, 2.45) is 5.41 Å². The van der Waals surface area contributed by atoms with Crippen LogP contribution in [0.4, 0.5) is 5.69 Å². The molecule has 0 aliphatic rings. The van der Waals surface area contributed by atoms with E-state index in [1.165, 1.54) is 5.56 Å². The Bertz CT molecular complexity index is 432. The Morgan fingerprint density at radius 3 is 2.53 bits per heavy atom. The van der Waals surface area contributed by atoms with Crippen LogP contribution in [0.5, 0.6) is 0 Å². The lowest BCUT2D eigenvalue weighted by molar-refractivity contribution is 0.235. The van der Waals surface area contributed by atoms with Gasteiger partial charge in [0.05, 0.1) is 11.5 Å². The molecule has 2 N–H and O–H groups in total. The predicted octanol–water partition coefficient (Wildman–Crippen LogP) is 3.42. The van der Waals surface area contributed by atoms with Crippen LogP contribution in [0.3, 0.4) is 0 Å². The summed E-state index contributed by atoms with van der Waals surface area (Å²) in [6.45, 7) is 9.00. The molecule has 0 heterocycles. The van der Waals surface area contributed by atoms with E-state index in [0.717, 1.165) is 38.2 Å². The van der Waals surface area contributed by atoms with Gasteiger partial charge in [-0.1, -0.05) is 25.1 Å². The van der Waals surface area contributed by atoms with E-state index in [2.05, 4.69) is 24.0 Å². The molecule has 0 atom stereocenters. The highest BCUT2D eigenvalue weighted by Crippen LogP contribution is 2.20. The van der Waals surface area contributed by atoms with Crippen LogP contribution in [0.1, 0.15) is 39.2 Å². The molecule has 3 heteroatoms. The van der Waals surface area contributed by atoms with E-state index in [-0.39, 0.29) is 5.41 Å². The van der Waals surface area contributed by atoms with Gasteiger partial charge in [-0.3, -0.25) is 4.90 Å². The molecule has 0 aromatic heterocycles. The molecule has 19 heavy (non-hydrogen) atoms. The number of hydrogen-bond donors (Lipinski definition) is 1. The molecule has 0 amide bonds. The molecule has 3 nitrogen and oxygen atoms in total. The minimum atomic E-state index is -0.256. The first-order valence-electron chi connectivity index (χ1n) is 6.95. The Morgan fingerprint density at radius 1 is 1.26 bits per heavy atom. The number of rotatable bonds is 7. The molecule has 0 saturated carbocycles. The average Bonchev–Trinajstić information content (AvgIpc) is 2.39. The largest absolute Gasteiger partial charge is 0.398 e. The van der Waals surface area contributed by atoms with Gasteiger partial charge >= 0.3 is 0 Å². The predicted molar refractivity (Wildman–Crippen MR) is 80.4 cm³/mol. The van der Waals surface area contributed by atoms with Gasteiger partial charge in [0.2, 0.25) is 0 Å². The van der Waals surface area contributed by atoms with Crippen molar-refractivity contribution in [2.75, 3.05) is 18.8 Å². The Morgan fingerprint density at radius 2 is 1.95 bits per heavy atom. The standard InChI is InChI=1S/C16H25N3/c1-4-10-19(11-9-16(2,3)13-17)12-14-7-5-6-8-15(14)18/h5-8H,4,9-12,18H2,1-3H3. The molecule has 0 saturated heterocycles. The summed E-state index contributed by atoms with van der Waals surface area (Å²) in [5.74, 6) is 0. The van der Waals surface area contributed by atoms with Crippen LogP contribution in [0.15, 0.2) is 24.3 Å². The number of benzene rings is 1. The summed E-state index contributed by atoms with van der Waals surface area (Å²) >= 11 is 0. The van der Waals surface area contributed by atoms with Crippen LogP contribution in [0.25, 0.3) is 0 Å². The van der Waals surface area contributed by atoms with Crippen LogP contribution in [0.2, 0.25) is 0 Å². The average molecular weight is 259 g/mol. The van der Waals surface area contributed by atoms with Crippen LogP contribution >= 0.6 is 0 Å². The first-order chi connectivity index (χ1) is 8.98. The second-order valence-electron chi connectivity index (χ2n) is 5.72. The van der Waals surface area contributed by atoms with Gasteiger partial charge in [-0.15, -0.1) is 0 Å². The topological polar surface area (TPSA) is 53.0 Å². The van der Waals surface area contributed by atoms with Crippen LogP contribution in [-0.4, -0.2) is 18.0 Å². The van der Waals surface area contributed by atoms with Crippen LogP contribution in [-0.2, 0) is 6.54 Å². The molecule has 1 aromatic carbocycles. The van der Waals surface area contributed by atoms with E-state index < -0.39 is 0 Å². The molecule has 0 aliphatic heterocycles. The summed E-state index contributed by atoms with van der Waals surface area (Å²) in [7, 11) is 0. The van der Waals surface area contributed by atoms with Gasteiger partial charge in [0.25, 0.3) is 0 Å². The molecule has 0 bridgehead atoms. The molecule has 1 rings (SSSR count). The Hall–Kier alpha value is -1.53. The van der Waals surface area contributed by atoms with Crippen molar-refractivity contribution < 1.29 is 0 Å². The zero-order valence-corrected chi connectivity index (χ0v) is 12.3. The number of para-hydroxylation sites is 1. The molecule has 0 radical (unpaired) electrons. The Kier molecular flexibility index (Phi) is 5.85. The highest BCUT2D eigenvalue weighted by Gasteiger charge is 2.18. The van der Waals surface area contributed by atoms with Crippen molar-refractivity contribution in [3.05, 3.63) is 29.8 Å². The highest BCUT2D eigenvalue weighted by molar-refractivity contribution is 5.46. The third-order valence-corrected chi connectivity index (χ3v) is 3.34. The molecule has 0 fully saturated rings. The molecule has 0 aliphatic carbocycles. The van der Waals surface area contributed by atoms with E-state index >= 15 is 0 Å². The lowest BCUT2D eigenvalue weighted by Gasteiger charge is -2.25. The number of hydrogen-bond acceptors (Lipinski definition) is 3. The quantitative estimate of drug-likeness (QED) is 0.763. The molecule has 0 spiro atoms. The lowest BCUT2D eigenvalue weighted by Crippen LogP contribution is -2.28. The highest BCUT2D eigenvalue weighted by atomic mass is 15.1. The lowest BCUT2D eigenvalue weighted by atomic mass is 9.91. The van der Waals surface area contributed by atoms with Crippen molar-refractivity contribution in [3.63, 3.8) is 0 Å². The fraction of sp³-hybridized carbons (Fsp3) is 0.562. The molecule has 0 unspecified atom stereocenters. The number of nitrogens with zero attached hydrogens (tertiary/aromatic N) is 2. The van der Waals surface area contributed by atoms with Crippen molar-refractivity contribution in [3.8, 4) is 6.07 Å². The normalized spacial score (nSPS) is 11.5. The minimum absolute atomic E-state index is 0.256. The molecular formula is C16H25N3. The second kappa shape index (κ2) is 7.16. The number of nitrogens with two attached hydrogens (primary N) is 1. The van der Waals surface area contributed by atoms with Gasteiger partial charge in [-0.25, -0.2) is 0 Å². The third-order valence-electron chi connectivity index (χ3n) is 3.34. The number of nitriles is 1. The van der Waals surface area contributed by atoms with E-state index in [1.54, 1.807) is 0 Å². The van der Waals surface area contributed by atoms with E-state index in [0.29, 0.717) is 0 Å². The van der Waals surface area contributed by atoms with Crippen molar-refractivity contribution in [1.82, 2.24) is 4.90 Å².